The van der Waals surface area contributed by atoms with Crippen LogP contribution in [-0.4, -0.2) is 36.8 Å². The number of nitrogens with one attached hydrogen (secondary N) is 1. The third kappa shape index (κ3) is 4.43. The number of hydrogen-bond acceptors (Lipinski definition) is 4. The highest BCUT2D eigenvalue weighted by molar-refractivity contribution is 5.79. The topological polar surface area (TPSA) is 79.9 Å². The summed E-state index contributed by atoms with van der Waals surface area (Å²) in [4.78, 5) is 0. The van der Waals surface area contributed by atoms with E-state index in [4.69, 9.17) is 15.7 Å². The molecule has 1 rings (SSSR count). The quantitative estimate of drug-likeness (QED) is 0.196. The normalized spacial score (nSPS) is 23.7. The molecule has 1 aliphatic rings. The molecule has 0 aromatic rings. The summed E-state index contributed by atoms with van der Waals surface area (Å²) in [6, 6.07) is 0.482. The lowest BCUT2D eigenvalue weighted by atomic mass is 10.1. The van der Waals surface area contributed by atoms with Crippen LogP contribution in [0.4, 0.5) is 0 Å². The van der Waals surface area contributed by atoms with Gasteiger partial charge < -0.3 is 21.0 Å². The summed E-state index contributed by atoms with van der Waals surface area (Å²) in [7, 11) is 0. The molecule has 5 heteroatoms. The predicted molar refractivity (Wildman–Crippen MR) is 54.5 cm³/mol. The first-order valence-corrected chi connectivity index (χ1v) is 5.10. The van der Waals surface area contributed by atoms with Gasteiger partial charge in [-0.05, 0) is 25.8 Å². The fourth-order valence-corrected chi connectivity index (χ4v) is 1.53. The molecule has 1 atom stereocenters. The zero-order valence-electron chi connectivity index (χ0n) is 8.41. The molecule has 1 saturated heterocycles. The number of nitrogens with two attached hydrogens (primary N) is 1. The summed E-state index contributed by atoms with van der Waals surface area (Å²) in [5, 5.41) is 14.6. The van der Waals surface area contributed by atoms with Crippen molar-refractivity contribution < 1.29 is 9.94 Å². The van der Waals surface area contributed by atoms with Crippen molar-refractivity contribution in [2.24, 2.45) is 10.9 Å². The zero-order valence-corrected chi connectivity index (χ0v) is 8.41. The molecule has 0 saturated carbocycles. The summed E-state index contributed by atoms with van der Waals surface area (Å²) >= 11 is 0. The van der Waals surface area contributed by atoms with Crippen molar-refractivity contribution in [3.05, 3.63) is 0 Å². The summed E-state index contributed by atoms with van der Waals surface area (Å²) in [5.41, 5.74) is 5.34. The Balaban J connectivity index is 1.97. The van der Waals surface area contributed by atoms with E-state index in [9.17, 15) is 0 Å². The van der Waals surface area contributed by atoms with Crippen LogP contribution < -0.4 is 11.1 Å². The van der Waals surface area contributed by atoms with E-state index in [1.165, 1.54) is 6.42 Å². The summed E-state index contributed by atoms with van der Waals surface area (Å²) in [6.45, 7) is 2.59. The van der Waals surface area contributed by atoms with Gasteiger partial charge in [-0.15, -0.1) is 0 Å². The second-order valence-corrected chi connectivity index (χ2v) is 3.56. The Morgan fingerprint density at radius 1 is 1.64 bits per heavy atom. The van der Waals surface area contributed by atoms with Crippen LogP contribution in [0.1, 0.15) is 25.7 Å². The molecule has 0 amide bonds. The predicted octanol–water partition coefficient (Wildman–Crippen LogP) is 0.282. The van der Waals surface area contributed by atoms with E-state index in [-0.39, 0.29) is 0 Å². The van der Waals surface area contributed by atoms with E-state index in [2.05, 4.69) is 10.5 Å². The van der Waals surface area contributed by atoms with Crippen LogP contribution in [0.3, 0.4) is 0 Å². The Hall–Kier alpha value is -0.810. The SMILES string of the molecule is NC(CCCNC1CCCOC1)=NO. The van der Waals surface area contributed by atoms with E-state index >= 15 is 0 Å². The van der Waals surface area contributed by atoms with Crippen LogP contribution in [0.15, 0.2) is 5.16 Å². The molecular weight excluding hydrogens is 182 g/mol. The molecule has 1 fully saturated rings. The van der Waals surface area contributed by atoms with E-state index in [0.717, 1.165) is 32.6 Å². The Morgan fingerprint density at radius 3 is 3.14 bits per heavy atom. The number of nitrogens with zero attached hydrogens (tertiary/aromatic N) is 1. The highest BCUT2D eigenvalue weighted by atomic mass is 16.5. The summed E-state index contributed by atoms with van der Waals surface area (Å²) < 4.78 is 5.33. The van der Waals surface area contributed by atoms with Gasteiger partial charge in [-0.3, -0.25) is 0 Å². The van der Waals surface area contributed by atoms with Gasteiger partial charge in [0.2, 0.25) is 0 Å². The van der Waals surface area contributed by atoms with E-state index in [0.29, 0.717) is 18.3 Å². The lowest BCUT2D eigenvalue weighted by molar-refractivity contribution is 0.0705. The van der Waals surface area contributed by atoms with E-state index in [1.807, 2.05) is 0 Å². The standard InChI is InChI=1S/C9H19N3O2/c10-9(12-13)4-1-5-11-8-3-2-6-14-7-8/h8,11,13H,1-7H2,(H2,10,12). The van der Waals surface area contributed by atoms with Gasteiger partial charge in [-0.2, -0.15) is 0 Å². The molecule has 0 bridgehead atoms. The molecule has 0 aromatic heterocycles. The van der Waals surface area contributed by atoms with Crippen molar-refractivity contribution in [2.75, 3.05) is 19.8 Å². The minimum atomic E-state index is 0.298. The molecule has 5 nitrogen and oxygen atoms in total. The summed E-state index contributed by atoms with van der Waals surface area (Å²) in [6.07, 6.45) is 3.85. The van der Waals surface area contributed by atoms with Gasteiger partial charge in [0, 0.05) is 19.1 Å². The monoisotopic (exact) mass is 201 g/mol. The first-order valence-electron chi connectivity index (χ1n) is 5.10. The smallest absolute Gasteiger partial charge is 0.139 e. The number of amidine groups is 1. The molecule has 14 heavy (non-hydrogen) atoms. The largest absolute Gasteiger partial charge is 0.409 e. The van der Waals surface area contributed by atoms with Crippen LogP contribution in [0, 0.1) is 0 Å². The number of hydrogen-bond donors (Lipinski definition) is 3. The number of rotatable bonds is 5. The van der Waals surface area contributed by atoms with Gasteiger partial charge in [0.25, 0.3) is 0 Å². The van der Waals surface area contributed by atoms with Gasteiger partial charge in [0.15, 0.2) is 0 Å². The molecule has 0 aromatic carbocycles. The molecule has 1 heterocycles. The highest BCUT2D eigenvalue weighted by Gasteiger charge is 2.12. The first kappa shape index (κ1) is 11.3. The maximum Gasteiger partial charge on any atom is 0.139 e. The molecule has 0 radical (unpaired) electrons. The van der Waals surface area contributed by atoms with Crippen molar-refractivity contribution in [3.8, 4) is 0 Å². The van der Waals surface area contributed by atoms with Crippen molar-refractivity contribution in [3.63, 3.8) is 0 Å². The van der Waals surface area contributed by atoms with Crippen LogP contribution in [0.2, 0.25) is 0 Å². The lowest BCUT2D eigenvalue weighted by Gasteiger charge is -2.23. The average molecular weight is 201 g/mol. The Morgan fingerprint density at radius 2 is 2.50 bits per heavy atom. The molecule has 0 spiro atoms. The molecule has 1 unspecified atom stereocenters. The van der Waals surface area contributed by atoms with Crippen molar-refractivity contribution >= 4 is 5.84 Å². The first-order chi connectivity index (χ1) is 6.83. The highest BCUT2D eigenvalue weighted by Crippen LogP contribution is 2.05. The van der Waals surface area contributed by atoms with E-state index in [1.54, 1.807) is 0 Å². The second kappa shape index (κ2) is 6.62. The maximum atomic E-state index is 8.31. The third-order valence-electron chi connectivity index (χ3n) is 2.33. The number of ether oxygens (including phenoxy) is 1. The zero-order chi connectivity index (χ0) is 10.2. The maximum absolute atomic E-state index is 8.31. The minimum Gasteiger partial charge on any atom is -0.409 e. The summed E-state index contributed by atoms with van der Waals surface area (Å²) in [5.74, 6) is 0.298. The Labute approximate surface area is 84.3 Å². The van der Waals surface area contributed by atoms with Crippen LogP contribution in [-0.2, 0) is 4.74 Å². The van der Waals surface area contributed by atoms with Gasteiger partial charge in [-0.25, -0.2) is 0 Å². The average Bonchev–Trinajstić information content (AvgIpc) is 2.25. The van der Waals surface area contributed by atoms with Gasteiger partial charge in [-0.1, -0.05) is 5.16 Å². The second-order valence-electron chi connectivity index (χ2n) is 3.56. The van der Waals surface area contributed by atoms with Gasteiger partial charge in [0.05, 0.1) is 6.61 Å². The van der Waals surface area contributed by atoms with Gasteiger partial charge >= 0.3 is 0 Å². The lowest BCUT2D eigenvalue weighted by Crippen LogP contribution is -2.37. The van der Waals surface area contributed by atoms with Crippen LogP contribution in [0.5, 0.6) is 0 Å². The Bertz CT molecular complexity index is 179. The van der Waals surface area contributed by atoms with Gasteiger partial charge in [0.1, 0.15) is 5.84 Å². The minimum absolute atomic E-state index is 0.298. The van der Waals surface area contributed by atoms with Crippen molar-refractivity contribution in [2.45, 2.75) is 31.7 Å². The molecule has 0 aliphatic carbocycles. The Kier molecular flexibility index (Phi) is 5.32. The van der Waals surface area contributed by atoms with Crippen molar-refractivity contribution in [1.29, 1.82) is 0 Å². The third-order valence-corrected chi connectivity index (χ3v) is 2.33. The number of oxime groups is 1. The van der Waals surface area contributed by atoms with Crippen LogP contribution >= 0.6 is 0 Å². The van der Waals surface area contributed by atoms with Crippen LogP contribution in [0.25, 0.3) is 0 Å². The molecule has 4 N–H and O–H groups in total. The molecule has 82 valence electrons. The molecular formula is C9H19N3O2. The van der Waals surface area contributed by atoms with E-state index < -0.39 is 0 Å². The molecule has 1 aliphatic heterocycles. The van der Waals surface area contributed by atoms with Crippen molar-refractivity contribution in [1.82, 2.24) is 5.32 Å². The fourth-order valence-electron chi connectivity index (χ4n) is 1.53. The fraction of sp³-hybridized carbons (Fsp3) is 0.889.